The molecule has 1 aromatic carbocycles. The number of carbonyl (C=O) groups is 1. The molecular formula is C20H25N5O3S3. The predicted octanol–water partition coefficient (Wildman–Crippen LogP) is 3.13. The smallest absolute Gasteiger partial charge is 0.214 e. The van der Waals surface area contributed by atoms with Crippen molar-refractivity contribution in [3.05, 3.63) is 51.7 Å². The number of carbonyl (C=O) groups excluding carboxylic acids is 1. The summed E-state index contributed by atoms with van der Waals surface area (Å²) in [5.74, 6) is 0.207. The first-order chi connectivity index (χ1) is 14.9. The first-order valence-electron chi connectivity index (χ1n) is 9.93. The maximum Gasteiger partial charge on any atom is 0.214 e. The highest BCUT2D eigenvalue weighted by molar-refractivity contribution is 7.99. The molecule has 0 unspecified atom stereocenters. The summed E-state index contributed by atoms with van der Waals surface area (Å²) in [5, 5.41) is 12.4. The number of nitrogens with one attached hydrogen (secondary N) is 1. The Balaban J connectivity index is 1.56. The number of nitrogens with zero attached hydrogens (tertiary/aromatic N) is 4. The number of hydrogen-bond donors (Lipinski definition) is 1. The monoisotopic (exact) mass is 479 g/mol. The average Bonchev–Trinajstić information content (AvgIpc) is 3.39. The van der Waals surface area contributed by atoms with Gasteiger partial charge in [-0.1, -0.05) is 37.2 Å². The third kappa shape index (κ3) is 7.23. The Morgan fingerprint density at radius 3 is 2.65 bits per heavy atom. The van der Waals surface area contributed by atoms with E-state index in [-0.39, 0.29) is 11.5 Å². The molecule has 8 nitrogen and oxygen atoms in total. The van der Waals surface area contributed by atoms with Gasteiger partial charge in [0.1, 0.15) is 0 Å². The minimum absolute atomic E-state index is 0.0122. The molecule has 0 radical (unpaired) electrons. The number of rotatable bonds is 12. The van der Waals surface area contributed by atoms with Gasteiger partial charge >= 0.3 is 0 Å². The van der Waals surface area contributed by atoms with Gasteiger partial charge in [0.2, 0.25) is 15.2 Å². The third-order valence-corrected chi connectivity index (χ3v) is 7.28. The number of sulfonamides is 1. The van der Waals surface area contributed by atoms with Gasteiger partial charge in [0.05, 0.1) is 22.6 Å². The van der Waals surface area contributed by atoms with Gasteiger partial charge in [0, 0.05) is 11.4 Å². The molecule has 2 aromatic heterocycles. The zero-order chi connectivity index (χ0) is 22.3. The number of tetrazole rings is 1. The van der Waals surface area contributed by atoms with E-state index < -0.39 is 10.0 Å². The molecule has 0 aliphatic carbocycles. The summed E-state index contributed by atoms with van der Waals surface area (Å²) in [6.07, 6.45) is 5.04. The molecule has 3 rings (SSSR count). The van der Waals surface area contributed by atoms with Crippen LogP contribution in [0.2, 0.25) is 0 Å². The lowest BCUT2D eigenvalue weighted by Crippen LogP contribution is -2.23. The van der Waals surface area contributed by atoms with Crippen molar-refractivity contribution in [2.24, 2.45) is 0 Å². The lowest BCUT2D eigenvalue weighted by molar-refractivity contribution is 0.102. The SMILES string of the molecule is CCCCc1ccc(-n2nnnc2SCC(=O)c2ccc(CCNS(C)(=O)=O)s2)cc1. The molecule has 0 aliphatic rings. The van der Waals surface area contributed by atoms with E-state index in [1.807, 2.05) is 18.2 Å². The van der Waals surface area contributed by atoms with Crippen LogP contribution < -0.4 is 4.72 Å². The number of aryl methyl sites for hydroxylation is 1. The van der Waals surface area contributed by atoms with E-state index in [1.54, 1.807) is 10.7 Å². The van der Waals surface area contributed by atoms with E-state index in [0.29, 0.717) is 23.0 Å². The van der Waals surface area contributed by atoms with Crippen LogP contribution in [0.15, 0.2) is 41.6 Å². The molecule has 0 saturated heterocycles. The van der Waals surface area contributed by atoms with Crippen LogP contribution in [0, 0.1) is 0 Å². The van der Waals surface area contributed by atoms with Crippen molar-refractivity contribution >= 4 is 38.9 Å². The van der Waals surface area contributed by atoms with Crippen molar-refractivity contribution in [3.8, 4) is 5.69 Å². The number of ketones is 1. The molecule has 11 heteroatoms. The molecule has 1 N–H and O–H groups in total. The van der Waals surface area contributed by atoms with E-state index in [4.69, 9.17) is 0 Å². The molecule has 3 aromatic rings. The van der Waals surface area contributed by atoms with E-state index >= 15 is 0 Å². The number of unbranched alkanes of at least 4 members (excludes halogenated alkanes) is 1. The van der Waals surface area contributed by atoms with Gasteiger partial charge in [-0.05, 0) is 59.5 Å². The summed E-state index contributed by atoms with van der Waals surface area (Å²) in [5.41, 5.74) is 2.14. The van der Waals surface area contributed by atoms with Crippen molar-refractivity contribution in [3.63, 3.8) is 0 Å². The Kier molecular flexibility index (Phi) is 8.35. The van der Waals surface area contributed by atoms with Gasteiger partial charge in [-0.3, -0.25) is 4.79 Å². The number of thioether (sulfide) groups is 1. The van der Waals surface area contributed by atoms with E-state index in [2.05, 4.69) is 39.3 Å². The van der Waals surface area contributed by atoms with Crippen LogP contribution >= 0.6 is 23.1 Å². The van der Waals surface area contributed by atoms with Gasteiger partial charge in [-0.2, -0.15) is 4.68 Å². The van der Waals surface area contributed by atoms with Crippen LogP contribution in [0.1, 0.15) is 39.9 Å². The Morgan fingerprint density at radius 2 is 1.94 bits per heavy atom. The quantitative estimate of drug-likeness (QED) is 0.314. The summed E-state index contributed by atoms with van der Waals surface area (Å²) in [6.45, 7) is 2.49. The molecule has 0 aliphatic heterocycles. The summed E-state index contributed by atoms with van der Waals surface area (Å²) in [7, 11) is -3.21. The Morgan fingerprint density at radius 1 is 1.16 bits per heavy atom. The van der Waals surface area contributed by atoms with Gasteiger partial charge in [-0.25, -0.2) is 13.1 Å². The van der Waals surface area contributed by atoms with Crippen LogP contribution in [-0.2, 0) is 22.9 Å². The van der Waals surface area contributed by atoms with Crippen molar-refractivity contribution in [2.45, 2.75) is 37.8 Å². The van der Waals surface area contributed by atoms with Gasteiger partial charge in [0.25, 0.3) is 0 Å². The van der Waals surface area contributed by atoms with Crippen molar-refractivity contribution in [1.29, 1.82) is 0 Å². The summed E-state index contributed by atoms with van der Waals surface area (Å²) in [4.78, 5) is 14.2. The van der Waals surface area contributed by atoms with Crippen LogP contribution in [0.3, 0.4) is 0 Å². The molecule has 2 heterocycles. The van der Waals surface area contributed by atoms with E-state index in [1.165, 1.54) is 28.7 Å². The largest absolute Gasteiger partial charge is 0.292 e. The Labute approximate surface area is 190 Å². The Bertz CT molecular complexity index is 1110. The molecular weight excluding hydrogens is 454 g/mol. The summed E-state index contributed by atoms with van der Waals surface area (Å²) in [6, 6.07) is 11.8. The van der Waals surface area contributed by atoms with Gasteiger partial charge < -0.3 is 0 Å². The number of Topliss-reactive ketones (excluding diaryl/α,β-unsaturated/α-hetero) is 1. The first kappa shape index (κ1) is 23.6. The van der Waals surface area contributed by atoms with Gasteiger partial charge in [-0.15, -0.1) is 16.4 Å². The van der Waals surface area contributed by atoms with E-state index in [0.717, 1.165) is 36.1 Å². The molecule has 0 amide bonds. The molecule has 0 bridgehead atoms. The van der Waals surface area contributed by atoms with Crippen molar-refractivity contribution in [1.82, 2.24) is 24.9 Å². The lowest BCUT2D eigenvalue weighted by atomic mass is 10.1. The first-order valence-corrected chi connectivity index (χ1v) is 13.6. The third-order valence-electron chi connectivity index (χ3n) is 4.45. The second-order valence-electron chi connectivity index (χ2n) is 7.04. The molecule has 0 fully saturated rings. The second kappa shape index (κ2) is 11.0. The fourth-order valence-corrected chi connectivity index (χ4v) is 5.12. The number of benzene rings is 1. The number of aromatic nitrogens is 4. The van der Waals surface area contributed by atoms with Crippen LogP contribution in [0.25, 0.3) is 5.69 Å². The second-order valence-corrected chi connectivity index (χ2v) is 11.0. The van der Waals surface area contributed by atoms with E-state index in [9.17, 15) is 13.2 Å². The molecule has 166 valence electrons. The zero-order valence-corrected chi connectivity index (χ0v) is 19.9. The maximum absolute atomic E-state index is 12.6. The van der Waals surface area contributed by atoms with Crippen LogP contribution in [-0.4, -0.2) is 53.0 Å². The minimum Gasteiger partial charge on any atom is -0.292 e. The number of hydrogen-bond acceptors (Lipinski definition) is 8. The zero-order valence-electron chi connectivity index (χ0n) is 17.4. The highest BCUT2D eigenvalue weighted by atomic mass is 32.2. The number of thiophene rings is 1. The normalized spacial score (nSPS) is 11.7. The van der Waals surface area contributed by atoms with Gasteiger partial charge in [0.15, 0.2) is 5.78 Å². The average molecular weight is 480 g/mol. The maximum atomic E-state index is 12.6. The summed E-state index contributed by atoms with van der Waals surface area (Å²) < 4.78 is 26.4. The van der Waals surface area contributed by atoms with Crippen molar-refractivity contribution in [2.75, 3.05) is 18.6 Å². The molecule has 0 atom stereocenters. The molecule has 0 spiro atoms. The highest BCUT2D eigenvalue weighted by Gasteiger charge is 2.15. The fraction of sp³-hybridized carbons (Fsp3) is 0.400. The Hall–Kier alpha value is -2.08. The highest BCUT2D eigenvalue weighted by Crippen LogP contribution is 2.23. The van der Waals surface area contributed by atoms with Crippen molar-refractivity contribution < 1.29 is 13.2 Å². The predicted molar refractivity (Wildman–Crippen MR) is 124 cm³/mol. The van der Waals surface area contributed by atoms with Crippen LogP contribution in [0.4, 0.5) is 0 Å². The topological polar surface area (TPSA) is 107 Å². The minimum atomic E-state index is -3.21. The molecule has 0 saturated carbocycles. The standard InChI is InChI=1S/C20H25N5O3S3/c1-3-4-5-15-6-8-16(9-7-15)25-20(22-23-24-25)29-14-18(26)19-11-10-17(30-19)12-13-21-31(2,27)28/h6-11,21H,3-5,12-14H2,1-2H3. The van der Waals surface area contributed by atoms with Crippen LogP contribution in [0.5, 0.6) is 0 Å². The molecule has 31 heavy (non-hydrogen) atoms. The fourth-order valence-electron chi connectivity index (χ4n) is 2.84. The lowest BCUT2D eigenvalue weighted by Gasteiger charge is -2.05. The summed E-state index contributed by atoms with van der Waals surface area (Å²) >= 11 is 2.67.